The molecule has 0 rings (SSSR count). The summed E-state index contributed by atoms with van der Waals surface area (Å²) < 4.78 is 0. The summed E-state index contributed by atoms with van der Waals surface area (Å²) in [5, 5.41) is 0.231. The highest BCUT2D eigenvalue weighted by Crippen LogP contribution is 2.28. The Morgan fingerprint density at radius 1 is 1.36 bits per heavy atom. The third-order valence-corrected chi connectivity index (χ3v) is 1.97. The Kier molecular flexibility index (Phi) is 4.96. The van der Waals surface area contributed by atoms with Crippen molar-refractivity contribution in [2.45, 2.75) is 52.1 Å². The molecule has 0 unspecified atom stereocenters. The van der Waals surface area contributed by atoms with Crippen molar-refractivity contribution in [3.63, 3.8) is 0 Å². The van der Waals surface area contributed by atoms with Crippen LogP contribution in [0.5, 0.6) is 0 Å². The lowest BCUT2D eigenvalue weighted by Gasteiger charge is -2.21. The summed E-state index contributed by atoms with van der Waals surface area (Å²) in [6.45, 7) is 8.88. The molecule has 0 spiro atoms. The molecule has 11 heavy (non-hydrogen) atoms. The fourth-order valence-corrected chi connectivity index (χ4v) is 0.891. The normalized spacial score (nSPS) is 12.1. The molecule has 0 atom stereocenters. The average Bonchev–Trinajstić information content (AvgIpc) is 1.87. The molecule has 0 saturated heterocycles. The Hall–Kier alpha value is 0.130. The van der Waals surface area contributed by atoms with E-state index in [4.69, 9.17) is 7.85 Å². The first-order valence-electron chi connectivity index (χ1n) is 4.52. The Morgan fingerprint density at radius 2 is 1.91 bits per heavy atom. The Balaban J connectivity index is 3.38. The smallest absolute Gasteiger partial charge is 0.0906 e. The average molecular weight is 149 g/mol. The van der Waals surface area contributed by atoms with E-state index in [-0.39, 0.29) is 5.31 Å². The van der Waals surface area contributed by atoms with E-state index in [9.17, 15) is 0 Å². The Labute approximate surface area is 73.8 Å². The zero-order chi connectivity index (χ0) is 8.91. The molecule has 0 bridgehead atoms. The summed E-state index contributed by atoms with van der Waals surface area (Å²) in [7, 11) is 7.93. The molecule has 0 nitrogen and oxygen atoms in total. The molecular weight excluding hydrogens is 130 g/mol. The van der Waals surface area contributed by atoms with E-state index in [2.05, 4.69) is 35.0 Å². The lowest BCUT2D eigenvalue weighted by molar-refractivity contribution is 0.616. The van der Waals surface area contributed by atoms with Gasteiger partial charge in [-0.25, -0.2) is 0 Å². The van der Waals surface area contributed by atoms with Crippen LogP contribution >= 0.6 is 0 Å². The van der Waals surface area contributed by atoms with Crippen molar-refractivity contribution in [2.24, 2.45) is 5.92 Å². The van der Waals surface area contributed by atoms with Crippen LogP contribution in [-0.4, -0.2) is 15.1 Å². The topological polar surface area (TPSA) is 0 Å². The first kappa shape index (κ1) is 11.1. The largest absolute Gasteiger partial charge is 0.116 e. The molecule has 61 valence electrons. The summed E-state index contributed by atoms with van der Waals surface area (Å²) in [5.74, 6) is 0.805. The molecule has 0 aromatic carbocycles. The first-order chi connectivity index (χ1) is 4.98. The molecule has 0 saturated carbocycles. The lowest BCUT2D eigenvalue weighted by atomic mass is 9.48. The first-order valence-corrected chi connectivity index (χ1v) is 4.52. The van der Waals surface area contributed by atoms with Gasteiger partial charge in [-0.3, -0.25) is 0 Å². The van der Waals surface area contributed by atoms with Gasteiger partial charge in [-0.1, -0.05) is 52.1 Å². The molecular formula is C9H19B2. The van der Waals surface area contributed by atoms with Gasteiger partial charge in [0.15, 0.2) is 0 Å². The van der Waals surface area contributed by atoms with Crippen LogP contribution in [0.3, 0.4) is 0 Å². The van der Waals surface area contributed by atoms with Gasteiger partial charge in [0.1, 0.15) is 7.28 Å². The number of rotatable bonds is 5. The van der Waals surface area contributed by atoms with E-state index in [1.165, 1.54) is 12.7 Å². The molecule has 0 heterocycles. The van der Waals surface area contributed by atoms with Gasteiger partial charge in [0.05, 0.1) is 7.85 Å². The zero-order valence-electron chi connectivity index (χ0n) is 8.35. The van der Waals surface area contributed by atoms with Gasteiger partial charge in [0.2, 0.25) is 0 Å². The van der Waals surface area contributed by atoms with E-state index in [1.807, 2.05) is 0 Å². The summed E-state index contributed by atoms with van der Waals surface area (Å²) in [6.07, 6.45) is 3.23. The summed E-state index contributed by atoms with van der Waals surface area (Å²) in [4.78, 5) is 0. The lowest BCUT2D eigenvalue weighted by Crippen LogP contribution is -2.12. The van der Waals surface area contributed by atoms with Crippen LogP contribution in [-0.2, 0) is 0 Å². The predicted molar refractivity (Wildman–Crippen MR) is 54.6 cm³/mol. The maximum absolute atomic E-state index is 5.59. The van der Waals surface area contributed by atoms with Crippen molar-refractivity contribution in [1.29, 1.82) is 0 Å². The molecule has 0 aliphatic rings. The van der Waals surface area contributed by atoms with Gasteiger partial charge in [-0.15, -0.1) is 0 Å². The minimum atomic E-state index is 0.231. The Bertz CT molecular complexity index is 97.7. The monoisotopic (exact) mass is 149 g/mol. The van der Waals surface area contributed by atoms with Gasteiger partial charge >= 0.3 is 0 Å². The third kappa shape index (κ3) is 6.52. The van der Waals surface area contributed by atoms with E-state index >= 15 is 0 Å². The van der Waals surface area contributed by atoms with Crippen molar-refractivity contribution in [3.05, 3.63) is 0 Å². The van der Waals surface area contributed by atoms with Crippen LogP contribution in [0.1, 0.15) is 34.1 Å². The quantitative estimate of drug-likeness (QED) is 0.527. The third-order valence-electron chi connectivity index (χ3n) is 1.97. The van der Waals surface area contributed by atoms with Crippen LogP contribution in [0, 0.1) is 5.92 Å². The van der Waals surface area contributed by atoms with Gasteiger partial charge in [0, 0.05) is 0 Å². The summed E-state index contributed by atoms with van der Waals surface area (Å²) in [6, 6.07) is 0. The van der Waals surface area contributed by atoms with E-state index in [0.29, 0.717) is 0 Å². The van der Waals surface area contributed by atoms with Gasteiger partial charge in [0.25, 0.3) is 0 Å². The van der Waals surface area contributed by atoms with Crippen LogP contribution in [0.15, 0.2) is 0 Å². The van der Waals surface area contributed by atoms with Crippen molar-refractivity contribution in [3.8, 4) is 0 Å². The van der Waals surface area contributed by atoms with Crippen LogP contribution in [0.2, 0.25) is 18.0 Å². The Morgan fingerprint density at radius 3 is 2.27 bits per heavy atom. The van der Waals surface area contributed by atoms with Crippen molar-refractivity contribution in [1.82, 2.24) is 0 Å². The maximum Gasteiger partial charge on any atom is 0.116 e. The highest BCUT2D eigenvalue weighted by molar-refractivity contribution is 6.41. The van der Waals surface area contributed by atoms with Crippen molar-refractivity contribution < 1.29 is 0 Å². The molecule has 0 aliphatic heterocycles. The van der Waals surface area contributed by atoms with Crippen LogP contribution in [0.25, 0.3) is 0 Å². The molecule has 0 aromatic rings. The molecule has 0 aromatic heterocycles. The standard InChI is InChI=1S/C9H19B2/c1-8(2)5-6-11-9(3,4)7-10/h8H,5-7H2,1-4H3. The second-order valence-corrected chi connectivity index (χ2v) is 4.37. The fraction of sp³-hybridized carbons (Fsp3) is 1.00. The zero-order valence-corrected chi connectivity index (χ0v) is 8.35. The van der Waals surface area contributed by atoms with Gasteiger partial charge < -0.3 is 0 Å². The van der Waals surface area contributed by atoms with Gasteiger partial charge in [-0.05, 0) is 5.92 Å². The minimum Gasteiger partial charge on any atom is -0.0906 e. The second kappa shape index (κ2) is 4.90. The number of hydrogen-bond donors (Lipinski definition) is 0. The SMILES string of the molecule is [B]CC(C)(C)[B]CCC(C)C. The van der Waals surface area contributed by atoms with E-state index in [1.54, 1.807) is 0 Å². The van der Waals surface area contributed by atoms with Gasteiger partial charge in [-0.2, -0.15) is 0 Å². The van der Waals surface area contributed by atoms with E-state index in [0.717, 1.165) is 12.2 Å². The fourth-order valence-electron chi connectivity index (χ4n) is 0.891. The van der Waals surface area contributed by atoms with Crippen LogP contribution in [0.4, 0.5) is 0 Å². The molecule has 0 fully saturated rings. The molecule has 2 heteroatoms. The van der Waals surface area contributed by atoms with Crippen molar-refractivity contribution >= 4 is 15.1 Å². The molecule has 0 amide bonds. The van der Waals surface area contributed by atoms with E-state index < -0.39 is 0 Å². The molecule has 3 radical (unpaired) electrons. The number of hydrogen-bond acceptors (Lipinski definition) is 0. The summed E-state index contributed by atoms with van der Waals surface area (Å²) in [5.41, 5.74) is 0. The highest BCUT2D eigenvalue weighted by atomic mass is 14.0. The van der Waals surface area contributed by atoms with Crippen molar-refractivity contribution in [2.75, 3.05) is 0 Å². The molecule has 0 aliphatic carbocycles. The highest BCUT2D eigenvalue weighted by Gasteiger charge is 2.15. The molecule has 0 N–H and O–H groups in total. The minimum absolute atomic E-state index is 0.231. The predicted octanol–water partition coefficient (Wildman–Crippen LogP) is 2.94. The maximum atomic E-state index is 5.59. The second-order valence-electron chi connectivity index (χ2n) is 4.37. The summed E-state index contributed by atoms with van der Waals surface area (Å²) >= 11 is 0. The van der Waals surface area contributed by atoms with Crippen LogP contribution < -0.4 is 0 Å².